The van der Waals surface area contributed by atoms with Gasteiger partial charge < -0.3 is 34.5 Å². The Hall–Kier alpha value is -4.69. The molecule has 0 aromatic heterocycles. The van der Waals surface area contributed by atoms with Crippen LogP contribution in [0.5, 0.6) is 0 Å². The van der Waals surface area contributed by atoms with Crippen molar-refractivity contribution >= 4 is 37.1 Å². The van der Waals surface area contributed by atoms with E-state index in [1.165, 1.54) is 0 Å². The number of alkyl carbamates (subject to hydrolysis) is 1. The number of aliphatic hydroxyl groups is 2. The number of imide groups is 1. The van der Waals surface area contributed by atoms with Crippen molar-refractivity contribution in [2.45, 2.75) is 69.2 Å². The first-order chi connectivity index (χ1) is 25.5. The molecule has 0 aliphatic carbocycles. The number of fused-ring (bicyclic) bond motifs is 1. The van der Waals surface area contributed by atoms with E-state index in [0.29, 0.717) is 0 Å². The fourth-order valence-electron chi connectivity index (χ4n) is 6.68. The van der Waals surface area contributed by atoms with Crippen molar-refractivity contribution in [2.75, 3.05) is 19.8 Å². The Morgan fingerprint density at radius 2 is 1.34 bits per heavy atom. The highest BCUT2D eigenvalue weighted by Gasteiger charge is 2.65. The van der Waals surface area contributed by atoms with Gasteiger partial charge in [0.05, 0.1) is 29.9 Å². The molecule has 2 heterocycles. The first-order valence-electron chi connectivity index (χ1n) is 17.7. The zero-order valence-corrected chi connectivity index (χ0v) is 31.0. The van der Waals surface area contributed by atoms with Crippen LogP contribution in [-0.4, -0.2) is 96.9 Å². The molecule has 2 aliphatic heterocycles. The van der Waals surface area contributed by atoms with E-state index in [9.17, 15) is 24.6 Å². The van der Waals surface area contributed by atoms with E-state index in [1.54, 1.807) is 24.3 Å². The van der Waals surface area contributed by atoms with E-state index in [2.05, 4.69) is 5.32 Å². The molecule has 12 heteroatoms. The lowest BCUT2D eigenvalue weighted by atomic mass is 9.95. The van der Waals surface area contributed by atoms with Crippen molar-refractivity contribution in [1.29, 1.82) is 0 Å². The maximum atomic E-state index is 14.2. The summed E-state index contributed by atoms with van der Waals surface area (Å²) in [6.07, 6.45) is -4.69. The molecule has 4 aromatic carbocycles. The van der Waals surface area contributed by atoms with E-state index in [1.807, 2.05) is 112 Å². The van der Waals surface area contributed by atoms with E-state index < -0.39 is 62.1 Å². The third-order valence-corrected chi connectivity index (χ3v) is 12.2. The lowest BCUT2D eigenvalue weighted by Gasteiger charge is -2.55. The summed E-state index contributed by atoms with van der Waals surface area (Å²) >= 11 is 0. The third-order valence-electron chi connectivity index (χ3n) is 9.15. The first kappa shape index (κ1) is 38.0. The van der Waals surface area contributed by atoms with E-state index in [0.717, 1.165) is 20.8 Å². The van der Waals surface area contributed by atoms with Crippen LogP contribution in [0.1, 0.15) is 53.5 Å². The Kier molecular flexibility index (Phi) is 11.9. The van der Waals surface area contributed by atoms with Gasteiger partial charge in [0.15, 0.2) is 14.2 Å². The summed E-state index contributed by atoms with van der Waals surface area (Å²) in [5.41, 5.74) is -1.29. The average Bonchev–Trinajstić information content (AvgIpc) is 3.41. The van der Waals surface area contributed by atoms with Gasteiger partial charge in [0, 0.05) is 6.54 Å². The minimum absolute atomic E-state index is 0.0257. The number of ether oxygens (including phenoxy) is 4. The molecule has 11 nitrogen and oxygen atoms in total. The number of amides is 3. The summed E-state index contributed by atoms with van der Waals surface area (Å²) in [7, 11) is -2.39. The quantitative estimate of drug-likeness (QED) is 0.107. The van der Waals surface area contributed by atoms with Crippen molar-refractivity contribution in [1.82, 2.24) is 10.2 Å². The molecular weight excluding hydrogens is 693 g/mol. The van der Waals surface area contributed by atoms with Crippen LogP contribution in [0.25, 0.3) is 0 Å². The zero-order valence-electron chi connectivity index (χ0n) is 30.0. The van der Waals surface area contributed by atoms with Crippen LogP contribution in [-0.2, 0) is 25.6 Å². The Labute approximate surface area is 311 Å². The lowest BCUT2D eigenvalue weighted by molar-refractivity contribution is -0.311. The highest BCUT2D eigenvalue weighted by molar-refractivity contribution is 6.87. The zero-order chi connectivity index (χ0) is 37.6. The van der Waals surface area contributed by atoms with Crippen LogP contribution in [0.15, 0.2) is 115 Å². The predicted molar refractivity (Wildman–Crippen MR) is 199 cm³/mol. The van der Waals surface area contributed by atoms with Crippen LogP contribution < -0.4 is 15.7 Å². The standard InChI is InChI=1S/C41H45N2O9Si/c1-40(2,3)51-27-33-34(44)35(45)36(43-37(46)31-22-13-14-23-32(31)38(43)47)41(52-33,53(29-18-9-5-10-19-29)30-20-11-6-12-21-30)50-25-15-24-42-39(48)49-26-28-16-7-4-8-17-28/h4-14,16-23,33-36,44-45H,15,24-27H2,1-3H3,(H,42,48)/t33-,34-,35+,36-,41+/m1/s1. The molecule has 3 N–H and O–H groups in total. The molecule has 0 unspecified atom stereocenters. The molecule has 0 bridgehead atoms. The largest absolute Gasteiger partial charge is 0.445 e. The number of carbonyl (C=O) groups is 3. The summed E-state index contributed by atoms with van der Waals surface area (Å²) in [4.78, 5) is 42.0. The van der Waals surface area contributed by atoms with Gasteiger partial charge in [-0.1, -0.05) is 114 Å². The first-order valence-corrected chi connectivity index (χ1v) is 19.2. The summed E-state index contributed by atoms with van der Waals surface area (Å²) in [6.45, 7) is 5.74. The minimum atomic E-state index is -2.39. The van der Waals surface area contributed by atoms with Crippen LogP contribution >= 0.6 is 0 Å². The van der Waals surface area contributed by atoms with Gasteiger partial charge in [0.1, 0.15) is 31.0 Å². The van der Waals surface area contributed by atoms with E-state index >= 15 is 0 Å². The summed E-state index contributed by atoms with van der Waals surface area (Å²) in [5, 5.41) is 28.3. The van der Waals surface area contributed by atoms with Crippen LogP contribution in [0.3, 0.4) is 0 Å². The smallest absolute Gasteiger partial charge is 0.407 e. The average molecular weight is 738 g/mol. The number of carbonyl (C=O) groups excluding carboxylic acids is 3. The summed E-state index contributed by atoms with van der Waals surface area (Å²) in [5.74, 6) is -1.26. The van der Waals surface area contributed by atoms with Crippen molar-refractivity contribution in [3.05, 3.63) is 132 Å². The molecule has 277 valence electrons. The molecule has 0 saturated carbocycles. The maximum Gasteiger partial charge on any atom is 0.407 e. The normalized spacial score (nSPS) is 22.9. The Morgan fingerprint density at radius 3 is 1.89 bits per heavy atom. The maximum absolute atomic E-state index is 14.2. The van der Waals surface area contributed by atoms with Gasteiger partial charge in [0.25, 0.3) is 11.8 Å². The van der Waals surface area contributed by atoms with Gasteiger partial charge in [-0.25, -0.2) is 4.79 Å². The van der Waals surface area contributed by atoms with E-state index in [4.69, 9.17) is 18.9 Å². The SMILES string of the molecule is CC(C)(C)OC[C@H]1O[C@](OCCCNC(=O)OCc2ccccc2)([Si](c2ccccc2)c2ccccc2)[C@H](N2C(=O)c3ccccc3C2=O)[C@@H](O)[C@@H]1O. The fraction of sp³-hybridized carbons (Fsp3) is 0.341. The van der Waals surface area contributed by atoms with Gasteiger partial charge in [-0.05, 0) is 44.9 Å². The number of hydrogen-bond donors (Lipinski definition) is 3. The van der Waals surface area contributed by atoms with Crippen molar-refractivity contribution < 1.29 is 43.5 Å². The predicted octanol–water partition coefficient (Wildman–Crippen LogP) is 3.46. The second kappa shape index (κ2) is 16.5. The number of benzene rings is 4. The Balaban J connectivity index is 1.39. The highest BCUT2D eigenvalue weighted by Crippen LogP contribution is 2.40. The molecule has 6 rings (SSSR count). The number of nitrogens with one attached hydrogen (secondary N) is 1. The second-order valence-electron chi connectivity index (χ2n) is 14.0. The minimum Gasteiger partial charge on any atom is -0.445 e. The van der Waals surface area contributed by atoms with Crippen molar-refractivity contribution in [2.24, 2.45) is 0 Å². The molecule has 1 radical (unpaired) electrons. The lowest BCUT2D eigenvalue weighted by Crippen LogP contribution is -2.80. The number of hydrogen-bond acceptors (Lipinski definition) is 9. The van der Waals surface area contributed by atoms with E-state index in [-0.39, 0.29) is 43.9 Å². The van der Waals surface area contributed by atoms with Gasteiger partial charge in [-0.15, -0.1) is 0 Å². The highest BCUT2D eigenvalue weighted by atomic mass is 28.3. The molecule has 1 saturated heterocycles. The van der Waals surface area contributed by atoms with Crippen LogP contribution in [0.2, 0.25) is 0 Å². The van der Waals surface area contributed by atoms with Crippen molar-refractivity contribution in [3.63, 3.8) is 0 Å². The fourth-order valence-corrected chi connectivity index (χ4v) is 9.98. The van der Waals surface area contributed by atoms with Gasteiger partial charge in [0.2, 0.25) is 0 Å². The number of aliphatic hydroxyl groups excluding tert-OH is 2. The molecule has 53 heavy (non-hydrogen) atoms. The molecule has 2 aliphatic rings. The number of rotatable bonds is 13. The molecular formula is C41H45N2O9Si. The third kappa shape index (κ3) is 8.43. The van der Waals surface area contributed by atoms with Gasteiger partial charge >= 0.3 is 6.09 Å². The molecule has 5 atom stereocenters. The van der Waals surface area contributed by atoms with Crippen LogP contribution in [0.4, 0.5) is 4.79 Å². The van der Waals surface area contributed by atoms with Gasteiger partial charge in [-0.2, -0.15) is 0 Å². The Bertz CT molecular complexity index is 1780. The summed E-state index contributed by atoms with van der Waals surface area (Å²) in [6, 6.07) is 33.3. The van der Waals surface area contributed by atoms with Gasteiger partial charge in [-0.3, -0.25) is 14.5 Å². The monoisotopic (exact) mass is 737 g/mol. The number of nitrogens with zero attached hydrogens (tertiary/aromatic N) is 1. The molecule has 3 amide bonds. The molecule has 1 fully saturated rings. The van der Waals surface area contributed by atoms with Crippen molar-refractivity contribution in [3.8, 4) is 0 Å². The molecule has 4 aromatic rings. The molecule has 0 spiro atoms. The topological polar surface area (TPSA) is 144 Å². The second-order valence-corrected chi connectivity index (χ2v) is 16.6. The van der Waals surface area contributed by atoms with Crippen LogP contribution in [0, 0.1) is 0 Å². The Morgan fingerprint density at radius 1 is 0.811 bits per heavy atom. The summed E-state index contributed by atoms with van der Waals surface area (Å²) < 4.78 is 25.4.